The first-order valence-electron chi connectivity index (χ1n) is 7.09. The number of anilines is 1. The van der Waals surface area contributed by atoms with E-state index >= 15 is 0 Å². The van der Waals surface area contributed by atoms with Gasteiger partial charge < -0.3 is 5.32 Å². The maximum atomic E-state index is 13.2. The molecule has 2 aromatic rings. The van der Waals surface area contributed by atoms with Crippen LogP contribution in [-0.4, -0.2) is 16.5 Å². The molecule has 0 unspecified atom stereocenters. The summed E-state index contributed by atoms with van der Waals surface area (Å²) < 4.78 is 13.2. The summed E-state index contributed by atoms with van der Waals surface area (Å²) in [4.78, 5) is 9.05. The van der Waals surface area contributed by atoms with Crippen molar-refractivity contribution in [2.75, 3.05) is 11.9 Å². The van der Waals surface area contributed by atoms with Gasteiger partial charge in [0.15, 0.2) is 0 Å². The van der Waals surface area contributed by atoms with E-state index in [-0.39, 0.29) is 11.7 Å². The Morgan fingerprint density at radius 2 is 2.00 bits per heavy atom. The van der Waals surface area contributed by atoms with Gasteiger partial charge in [0.1, 0.15) is 17.5 Å². The molecule has 0 aliphatic heterocycles. The molecule has 0 radical (unpaired) electrons. The normalized spacial score (nSPS) is 11.0. The minimum atomic E-state index is -0.355. The fourth-order valence-electron chi connectivity index (χ4n) is 1.90. The number of nitrogens with one attached hydrogen (secondary N) is 1. The van der Waals surface area contributed by atoms with Crippen LogP contribution < -0.4 is 5.32 Å². The van der Waals surface area contributed by atoms with Gasteiger partial charge in [-0.1, -0.05) is 32.4 Å². The first kappa shape index (κ1) is 15.7. The Balaban J connectivity index is 2.48. The van der Waals surface area contributed by atoms with Crippen LogP contribution in [0.1, 0.15) is 38.9 Å². The molecular formula is C16H19ClFN3. The number of benzene rings is 1. The molecule has 0 atom stereocenters. The predicted molar refractivity (Wildman–Crippen MR) is 85.3 cm³/mol. The Morgan fingerprint density at radius 3 is 2.62 bits per heavy atom. The molecule has 0 fully saturated rings. The largest absolute Gasteiger partial charge is 0.370 e. The van der Waals surface area contributed by atoms with E-state index in [1.54, 1.807) is 6.07 Å². The molecule has 112 valence electrons. The lowest BCUT2D eigenvalue weighted by atomic mass is 10.1. The maximum Gasteiger partial charge on any atom is 0.133 e. The van der Waals surface area contributed by atoms with Crippen molar-refractivity contribution in [3.8, 4) is 11.3 Å². The Morgan fingerprint density at radius 1 is 1.24 bits per heavy atom. The number of aromatic nitrogens is 2. The van der Waals surface area contributed by atoms with Gasteiger partial charge in [0.25, 0.3) is 0 Å². The zero-order valence-electron chi connectivity index (χ0n) is 12.5. The number of hydrogen-bond acceptors (Lipinski definition) is 3. The second-order valence-corrected chi connectivity index (χ2v) is 5.61. The molecule has 1 aromatic heterocycles. The zero-order valence-corrected chi connectivity index (χ0v) is 13.2. The number of halogens is 2. The van der Waals surface area contributed by atoms with Crippen LogP contribution in [0.3, 0.4) is 0 Å². The van der Waals surface area contributed by atoms with Gasteiger partial charge in [-0.2, -0.15) is 0 Å². The number of rotatable bonds is 5. The zero-order chi connectivity index (χ0) is 15.4. The first-order valence-corrected chi connectivity index (χ1v) is 7.47. The molecule has 0 bridgehead atoms. The van der Waals surface area contributed by atoms with Crippen LogP contribution in [0.15, 0.2) is 24.3 Å². The summed E-state index contributed by atoms with van der Waals surface area (Å²) >= 11 is 6.13. The topological polar surface area (TPSA) is 37.8 Å². The Labute approximate surface area is 129 Å². The second-order valence-electron chi connectivity index (χ2n) is 5.20. The third kappa shape index (κ3) is 3.91. The van der Waals surface area contributed by atoms with Crippen LogP contribution in [0.5, 0.6) is 0 Å². The fraction of sp³-hybridized carbons (Fsp3) is 0.375. The summed E-state index contributed by atoms with van der Waals surface area (Å²) in [7, 11) is 0. The highest BCUT2D eigenvalue weighted by Gasteiger charge is 2.12. The summed E-state index contributed by atoms with van der Waals surface area (Å²) in [6, 6.07) is 6.18. The second kappa shape index (κ2) is 6.85. The average molecular weight is 308 g/mol. The van der Waals surface area contributed by atoms with E-state index in [9.17, 15) is 4.39 Å². The highest BCUT2D eigenvalue weighted by molar-refractivity contribution is 6.33. The van der Waals surface area contributed by atoms with Gasteiger partial charge in [-0.15, -0.1) is 0 Å². The Hall–Kier alpha value is -1.68. The summed E-state index contributed by atoms with van der Waals surface area (Å²) in [5.41, 5.74) is 1.42. The third-order valence-corrected chi connectivity index (χ3v) is 3.34. The smallest absolute Gasteiger partial charge is 0.133 e. The number of nitrogens with zero attached hydrogens (tertiary/aromatic N) is 2. The van der Waals surface area contributed by atoms with E-state index in [0.29, 0.717) is 16.3 Å². The molecule has 0 aliphatic rings. The van der Waals surface area contributed by atoms with Gasteiger partial charge in [-0.3, -0.25) is 0 Å². The van der Waals surface area contributed by atoms with Crippen LogP contribution >= 0.6 is 11.6 Å². The summed E-state index contributed by atoms with van der Waals surface area (Å²) in [6.45, 7) is 7.00. The molecule has 2 rings (SSSR count). The van der Waals surface area contributed by atoms with Crippen molar-refractivity contribution in [1.82, 2.24) is 9.97 Å². The third-order valence-electron chi connectivity index (χ3n) is 3.02. The van der Waals surface area contributed by atoms with Gasteiger partial charge >= 0.3 is 0 Å². The Bertz CT molecular complexity index is 629. The van der Waals surface area contributed by atoms with E-state index in [2.05, 4.69) is 22.2 Å². The van der Waals surface area contributed by atoms with E-state index in [4.69, 9.17) is 11.6 Å². The Kier molecular flexibility index (Phi) is 5.12. The average Bonchev–Trinajstić information content (AvgIpc) is 2.44. The summed E-state index contributed by atoms with van der Waals surface area (Å²) in [6.07, 6.45) is 1.01. The molecule has 1 aromatic carbocycles. The lowest BCUT2D eigenvalue weighted by Gasteiger charge is -2.12. The monoisotopic (exact) mass is 307 g/mol. The molecule has 0 saturated carbocycles. The van der Waals surface area contributed by atoms with E-state index in [1.165, 1.54) is 12.1 Å². The standard InChI is InChI=1S/C16H19ClFN3/c1-4-7-19-15-9-14(20-16(21-15)10(2)3)12-6-5-11(18)8-13(12)17/h5-6,8-10H,4,7H2,1-3H3,(H,19,20,21). The summed E-state index contributed by atoms with van der Waals surface area (Å²) in [5, 5.41) is 3.61. The molecule has 21 heavy (non-hydrogen) atoms. The first-order chi connectivity index (χ1) is 10.0. The van der Waals surface area contributed by atoms with Crippen molar-refractivity contribution < 1.29 is 4.39 Å². The molecule has 3 nitrogen and oxygen atoms in total. The van der Waals surface area contributed by atoms with E-state index in [1.807, 2.05) is 19.9 Å². The molecule has 0 aliphatic carbocycles. The minimum Gasteiger partial charge on any atom is -0.370 e. The van der Waals surface area contributed by atoms with Gasteiger partial charge in [0.2, 0.25) is 0 Å². The molecule has 0 saturated heterocycles. The van der Waals surface area contributed by atoms with E-state index < -0.39 is 0 Å². The van der Waals surface area contributed by atoms with Gasteiger partial charge in [0.05, 0.1) is 10.7 Å². The molecular weight excluding hydrogens is 289 g/mol. The maximum absolute atomic E-state index is 13.2. The van der Waals surface area contributed by atoms with Crippen molar-refractivity contribution in [2.24, 2.45) is 0 Å². The predicted octanol–water partition coefficient (Wildman–Crippen LogP) is 4.88. The lowest BCUT2D eigenvalue weighted by Crippen LogP contribution is -2.07. The van der Waals surface area contributed by atoms with Crippen LogP contribution in [0.2, 0.25) is 5.02 Å². The minimum absolute atomic E-state index is 0.200. The molecule has 0 amide bonds. The molecule has 1 N–H and O–H groups in total. The van der Waals surface area contributed by atoms with Crippen LogP contribution in [0.4, 0.5) is 10.2 Å². The quantitative estimate of drug-likeness (QED) is 0.855. The van der Waals surface area contributed by atoms with E-state index in [0.717, 1.165) is 24.6 Å². The van der Waals surface area contributed by atoms with Crippen LogP contribution in [0.25, 0.3) is 11.3 Å². The SMILES string of the molecule is CCCNc1cc(-c2ccc(F)cc2Cl)nc(C(C)C)n1. The van der Waals surface area contributed by atoms with Crippen LogP contribution in [0, 0.1) is 5.82 Å². The molecule has 1 heterocycles. The van der Waals surface area contributed by atoms with Gasteiger partial charge in [-0.05, 0) is 24.6 Å². The lowest BCUT2D eigenvalue weighted by molar-refractivity contribution is 0.628. The molecule has 0 spiro atoms. The highest BCUT2D eigenvalue weighted by Crippen LogP contribution is 2.29. The summed E-state index contributed by atoms with van der Waals surface area (Å²) in [5.74, 6) is 1.36. The van der Waals surface area contributed by atoms with Crippen molar-refractivity contribution in [1.29, 1.82) is 0 Å². The van der Waals surface area contributed by atoms with Crippen molar-refractivity contribution in [2.45, 2.75) is 33.1 Å². The van der Waals surface area contributed by atoms with Crippen LogP contribution in [-0.2, 0) is 0 Å². The fourth-order valence-corrected chi connectivity index (χ4v) is 2.17. The van der Waals surface area contributed by atoms with Crippen molar-refractivity contribution in [3.63, 3.8) is 0 Å². The van der Waals surface area contributed by atoms with Gasteiger partial charge in [-0.25, -0.2) is 14.4 Å². The van der Waals surface area contributed by atoms with Gasteiger partial charge in [0, 0.05) is 24.1 Å². The highest BCUT2D eigenvalue weighted by atomic mass is 35.5. The number of hydrogen-bond donors (Lipinski definition) is 1. The molecule has 5 heteroatoms. The van der Waals surface area contributed by atoms with Crippen molar-refractivity contribution in [3.05, 3.63) is 40.9 Å². The van der Waals surface area contributed by atoms with Crippen molar-refractivity contribution >= 4 is 17.4 Å².